The average Bonchev–Trinajstić information content (AvgIpc) is 3.15. The molecule has 26 heavy (non-hydrogen) atoms. The van der Waals surface area contributed by atoms with Crippen molar-refractivity contribution in [1.29, 1.82) is 0 Å². The summed E-state index contributed by atoms with van der Waals surface area (Å²) in [7, 11) is 0. The number of carbonyl (C=O) groups excluding carboxylic acids is 1. The molecule has 0 saturated heterocycles. The molecule has 0 aliphatic heterocycles. The van der Waals surface area contributed by atoms with E-state index in [2.05, 4.69) is 15.4 Å². The first-order valence-corrected chi connectivity index (χ1v) is 8.94. The van der Waals surface area contributed by atoms with Crippen molar-refractivity contribution >= 4 is 44.7 Å². The number of nitrogens with one attached hydrogen (secondary N) is 2. The van der Waals surface area contributed by atoms with Gasteiger partial charge < -0.3 is 0 Å². The quantitative estimate of drug-likeness (QED) is 0.516. The Labute approximate surface area is 157 Å². The lowest BCUT2D eigenvalue weighted by atomic mass is 10.2. The zero-order chi connectivity index (χ0) is 18.3. The van der Waals surface area contributed by atoms with Crippen LogP contribution in [0.2, 0.25) is 5.02 Å². The highest BCUT2D eigenvalue weighted by molar-refractivity contribution is 7.21. The summed E-state index contributed by atoms with van der Waals surface area (Å²) >= 11 is 7.49. The second kappa shape index (κ2) is 6.51. The van der Waals surface area contributed by atoms with E-state index in [0.29, 0.717) is 31.6 Å². The number of halogens is 2. The van der Waals surface area contributed by atoms with E-state index in [4.69, 9.17) is 11.6 Å². The average molecular weight is 388 g/mol. The van der Waals surface area contributed by atoms with E-state index >= 15 is 0 Å². The topological polar surface area (TPSA) is 61.7 Å². The highest BCUT2D eigenvalue weighted by atomic mass is 35.5. The van der Waals surface area contributed by atoms with Crippen LogP contribution in [0.4, 0.5) is 10.2 Å². The van der Waals surface area contributed by atoms with Gasteiger partial charge in [-0.05, 0) is 31.2 Å². The molecule has 0 aliphatic carbocycles. The number of H-pyrrole nitrogens is 1. The predicted octanol–water partition coefficient (Wildman–Crippen LogP) is 4.25. The number of carbonyl (C=O) groups is 1. The number of thiophene rings is 1. The van der Waals surface area contributed by atoms with Crippen molar-refractivity contribution in [3.05, 3.63) is 70.1 Å². The fourth-order valence-corrected chi connectivity index (χ4v) is 4.09. The molecule has 1 aromatic carbocycles. The van der Waals surface area contributed by atoms with Crippen molar-refractivity contribution in [1.82, 2.24) is 10.1 Å². The van der Waals surface area contributed by atoms with E-state index in [1.165, 1.54) is 12.1 Å². The van der Waals surface area contributed by atoms with Gasteiger partial charge in [0.2, 0.25) is 0 Å². The maximum Gasteiger partial charge on any atom is 0.323 e. The number of aromatic amines is 1. The largest absolute Gasteiger partial charge is 0.323 e. The van der Waals surface area contributed by atoms with Crippen molar-refractivity contribution in [3.63, 3.8) is 0 Å². The molecule has 0 saturated carbocycles. The number of aryl methyl sites for hydroxylation is 1. The van der Waals surface area contributed by atoms with Crippen LogP contribution in [-0.4, -0.2) is 16.0 Å². The zero-order valence-electron chi connectivity index (χ0n) is 13.6. The van der Waals surface area contributed by atoms with E-state index in [1.807, 2.05) is 25.1 Å². The molecule has 130 valence electrons. The Morgan fingerprint density at radius 3 is 2.92 bits per heavy atom. The maximum absolute atomic E-state index is 13.4. The smallest absolute Gasteiger partial charge is 0.249 e. The summed E-state index contributed by atoms with van der Waals surface area (Å²) in [5, 5.41) is 6.95. The number of hydrogen-bond acceptors (Lipinski definition) is 3. The Morgan fingerprint density at radius 1 is 1.31 bits per heavy atom. The van der Waals surface area contributed by atoms with Crippen molar-refractivity contribution in [2.45, 2.75) is 6.92 Å². The van der Waals surface area contributed by atoms with Gasteiger partial charge in [0.15, 0.2) is 0 Å². The molecule has 0 fully saturated rings. The number of aromatic nitrogens is 3. The summed E-state index contributed by atoms with van der Waals surface area (Å²) < 4.78 is 15.7. The molecule has 0 spiro atoms. The van der Waals surface area contributed by atoms with Gasteiger partial charge in [0.05, 0.1) is 5.02 Å². The lowest BCUT2D eigenvalue weighted by molar-refractivity contribution is -0.645. The van der Waals surface area contributed by atoms with Crippen LogP contribution >= 0.6 is 22.9 Å². The first kappa shape index (κ1) is 16.7. The van der Waals surface area contributed by atoms with E-state index in [-0.39, 0.29) is 11.7 Å². The first-order chi connectivity index (χ1) is 12.5. The Hall–Kier alpha value is -2.77. The Bertz CT molecular complexity index is 1120. The van der Waals surface area contributed by atoms with Gasteiger partial charge in [-0.3, -0.25) is 0 Å². The lowest BCUT2D eigenvalue weighted by Gasteiger charge is -2.00. The molecular formula is C18H13ClFN4OS+. The van der Waals surface area contributed by atoms with E-state index < -0.39 is 0 Å². The minimum atomic E-state index is -0.364. The lowest BCUT2D eigenvalue weighted by Crippen LogP contribution is -2.37. The SMILES string of the molecule is Cc1cc(NC(=O)c2sc3cc(F)ccc3c2Cl)[n+](-c2ccccn2)[nH]1. The van der Waals surface area contributed by atoms with Gasteiger partial charge in [0.1, 0.15) is 16.9 Å². The molecule has 1 amide bonds. The van der Waals surface area contributed by atoms with Crippen LogP contribution in [0.5, 0.6) is 0 Å². The molecule has 4 aromatic rings. The molecule has 3 heterocycles. The minimum Gasteiger partial charge on any atom is -0.249 e. The number of amides is 1. The summed E-state index contributed by atoms with van der Waals surface area (Å²) in [6.45, 7) is 1.88. The Kier molecular flexibility index (Phi) is 4.18. The highest BCUT2D eigenvalue weighted by Gasteiger charge is 2.23. The molecule has 0 radical (unpaired) electrons. The number of benzene rings is 1. The molecular weight excluding hydrogens is 375 g/mol. The van der Waals surface area contributed by atoms with E-state index in [9.17, 15) is 9.18 Å². The van der Waals surface area contributed by atoms with Gasteiger partial charge in [0, 0.05) is 27.9 Å². The van der Waals surface area contributed by atoms with Gasteiger partial charge in [-0.2, -0.15) is 0 Å². The fraction of sp³-hybridized carbons (Fsp3) is 0.0556. The minimum absolute atomic E-state index is 0.319. The maximum atomic E-state index is 13.4. The van der Waals surface area contributed by atoms with Crippen LogP contribution in [0.3, 0.4) is 0 Å². The molecule has 0 bridgehead atoms. The van der Waals surface area contributed by atoms with Crippen molar-refractivity contribution in [2.24, 2.45) is 0 Å². The van der Waals surface area contributed by atoms with Crippen LogP contribution in [0.15, 0.2) is 48.7 Å². The highest BCUT2D eigenvalue weighted by Crippen LogP contribution is 2.36. The molecule has 3 aromatic heterocycles. The van der Waals surface area contributed by atoms with Gasteiger partial charge >= 0.3 is 5.91 Å². The summed E-state index contributed by atoms with van der Waals surface area (Å²) in [5.41, 5.74) is 0.857. The first-order valence-electron chi connectivity index (χ1n) is 7.75. The fourth-order valence-electron chi connectivity index (χ4n) is 2.66. The second-order valence-corrected chi connectivity index (χ2v) is 7.12. The summed E-state index contributed by atoms with van der Waals surface area (Å²) in [6, 6.07) is 11.6. The van der Waals surface area contributed by atoms with Gasteiger partial charge in [0.25, 0.3) is 11.6 Å². The van der Waals surface area contributed by atoms with Gasteiger partial charge in [-0.25, -0.2) is 19.6 Å². The van der Waals surface area contributed by atoms with Crippen LogP contribution in [0, 0.1) is 12.7 Å². The number of pyridine rings is 1. The van der Waals surface area contributed by atoms with Crippen molar-refractivity contribution in [3.8, 4) is 5.82 Å². The van der Waals surface area contributed by atoms with Crippen molar-refractivity contribution in [2.75, 3.05) is 5.32 Å². The number of anilines is 1. The van der Waals surface area contributed by atoms with E-state index in [1.54, 1.807) is 23.0 Å². The molecule has 5 nitrogen and oxygen atoms in total. The normalized spacial score (nSPS) is 11.0. The number of hydrogen-bond donors (Lipinski definition) is 2. The molecule has 0 atom stereocenters. The molecule has 0 unspecified atom stereocenters. The third-order valence-electron chi connectivity index (χ3n) is 3.80. The Balaban J connectivity index is 1.71. The van der Waals surface area contributed by atoms with Crippen LogP contribution in [0.1, 0.15) is 15.4 Å². The van der Waals surface area contributed by atoms with Crippen LogP contribution in [0.25, 0.3) is 15.9 Å². The Morgan fingerprint density at radius 2 is 2.15 bits per heavy atom. The molecule has 8 heteroatoms. The predicted molar refractivity (Wildman–Crippen MR) is 99.6 cm³/mol. The van der Waals surface area contributed by atoms with Crippen LogP contribution < -0.4 is 10.00 Å². The molecule has 0 aliphatic rings. The monoisotopic (exact) mass is 387 g/mol. The second-order valence-electron chi connectivity index (χ2n) is 5.69. The third kappa shape index (κ3) is 2.95. The molecule has 2 N–H and O–H groups in total. The number of nitrogens with zero attached hydrogens (tertiary/aromatic N) is 2. The summed E-state index contributed by atoms with van der Waals surface area (Å²) in [5.74, 6) is 0.447. The van der Waals surface area contributed by atoms with Gasteiger partial charge in [-0.1, -0.05) is 17.7 Å². The van der Waals surface area contributed by atoms with Gasteiger partial charge in [-0.15, -0.1) is 21.0 Å². The van der Waals surface area contributed by atoms with Crippen molar-refractivity contribution < 1.29 is 13.9 Å². The van der Waals surface area contributed by atoms with Crippen LogP contribution in [-0.2, 0) is 0 Å². The zero-order valence-corrected chi connectivity index (χ0v) is 15.2. The third-order valence-corrected chi connectivity index (χ3v) is 5.46. The standard InChI is InChI=1S/C18H12ClFN4OS/c1-10-8-15(24(23-10)14-4-2-3-7-21-14)22-18(25)17-16(19)12-6-5-11(20)9-13(12)26-17/h2-9H,1H3,(H,22,23,25)/p+1. The number of fused-ring (bicyclic) bond motifs is 1. The number of rotatable bonds is 3. The molecule has 4 rings (SSSR count). The summed E-state index contributed by atoms with van der Waals surface area (Å²) in [4.78, 5) is 17.4. The van der Waals surface area contributed by atoms with E-state index in [0.717, 1.165) is 17.0 Å². The summed E-state index contributed by atoms with van der Waals surface area (Å²) in [6.07, 6.45) is 1.67.